The Balaban J connectivity index is 1.92. The van der Waals surface area contributed by atoms with Gasteiger partial charge in [-0.1, -0.05) is 53.2 Å². The first-order valence-electron chi connectivity index (χ1n) is 9.00. The molecule has 1 aromatic heterocycles. The molecule has 0 unspecified atom stereocenters. The molecule has 0 N–H and O–H groups in total. The van der Waals surface area contributed by atoms with Gasteiger partial charge in [0.15, 0.2) is 5.16 Å². The highest BCUT2D eigenvalue weighted by molar-refractivity contribution is 7.98. The van der Waals surface area contributed by atoms with E-state index in [1.54, 1.807) is 18.9 Å². The summed E-state index contributed by atoms with van der Waals surface area (Å²) in [6.45, 7) is 8.09. The van der Waals surface area contributed by atoms with Crippen LogP contribution in [0.4, 0.5) is 0 Å². The van der Waals surface area contributed by atoms with Crippen LogP contribution in [0.1, 0.15) is 28.9 Å². The van der Waals surface area contributed by atoms with Crippen LogP contribution in [-0.2, 0) is 12.2 Å². The Morgan fingerprint density at radius 1 is 1.11 bits per heavy atom. The quantitative estimate of drug-likeness (QED) is 0.393. The lowest BCUT2D eigenvalue weighted by Gasteiger charge is -2.11. The molecule has 0 bridgehead atoms. The molecule has 27 heavy (non-hydrogen) atoms. The van der Waals surface area contributed by atoms with Gasteiger partial charge in [-0.3, -0.25) is 4.57 Å². The fourth-order valence-corrected chi connectivity index (χ4v) is 4.00. The minimum absolute atomic E-state index is 0.803. The number of allylic oxidation sites excluding steroid dienone is 1. The lowest BCUT2D eigenvalue weighted by atomic mass is 10.1. The van der Waals surface area contributed by atoms with Crippen LogP contribution in [0.25, 0.3) is 5.69 Å². The Morgan fingerprint density at radius 3 is 2.59 bits per heavy atom. The minimum Gasteiger partial charge on any atom is -0.497 e. The number of thioether (sulfide) groups is 1. The lowest BCUT2D eigenvalue weighted by molar-refractivity contribution is 0.414. The van der Waals surface area contributed by atoms with Crippen molar-refractivity contribution < 1.29 is 4.74 Å². The van der Waals surface area contributed by atoms with Gasteiger partial charge < -0.3 is 4.74 Å². The lowest BCUT2D eigenvalue weighted by Crippen LogP contribution is -2.03. The number of nitrogens with zero attached hydrogens (tertiary/aromatic N) is 3. The van der Waals surface area contributed by atoms with Gasteiger partial charge in [0.25, 0.3) is 0 Å². The van der Waals surface area contributed by atoms with E-state index < -0.39 is 0 Å². The molecule has 0 amide bonds. The van der Waals surface area contributed by atoms with Crippen molar-refractivity contribution in [2.24, 2.45) is 0 Å². The molecule has 0 saturated heterocycles. The zero-order valence-electron chi connectivity index (χ0n) is 16.1. The van der Waals surface area contributed by atoms with Gasteiger partial charge in [-0.15, -0.1) is 16.8 Å². The van der Waals surface area contributed by atoms with Crippen molar-refractivity contribution in [1.29, 1.82) is 0 Å². The SMILES string of the molecule is C=CCCc1nnc(SCc2cc(C)cc(C)c2)n1-c1cccc(OC)c1. The second kappa shape index (κ2) is 8.91. The molecular weight excluding hydrogens is 354 g/mol. The van der Waals surface area contributed by atoms with Crippen molar-refractivity contribution in [3.63, 3.8) is 0 Å². The molecule has 0 saturated carbocycles. The average Bonchev–Trinajstić information content (AvgIpc) is 3.06. The summed E-state index contributed by atoms with van der Waals surface area (Å²) >= 11 is 1.70. The summed E-state index contributed by atoms with van der Waals surface area (Å²) in [5.41, 5.74) is 4.88. The first-order valence-corrected chi connectivity index (χ1v) is 9.99. The maximum atomic E-state index is 5.39. The molecule has 0 aliphatic carbocycles. The smallest absolute Gasteiger partial charge is 0.196 e. The Hall–Kier alpha value is -2.53. The van der Waals surface area contributed by atoms with Crippen molar-refractivity contribution in [3.8, 4) is 11.4 Å². The van der Waals surface area contributed by atoms with E-state index in [4.69, 9.17) is 4.74 Å². The number of aryl methyl sites for hydroxylation is 3. The summed E-state index contributed by atoms with van der Waals surface area (Å²) < 4.78 is 7.52. The first kappa shape index (κ1) is 19.2. The van der Waals surface area contributed by atoms with E-state index in [2.05, 4.69) is 59.5 Å². The largest absolute Gasteiger partial charge is 0.497 e. The maximum absolute atomic E-state index is 5.39. The Kier molecular flexibility index (Phi) is 6.35. The molecule has 3 rings (SSSR count). The van der Waals surface area contributed by atoms with Crippen LogP contribution in [0.3, 0.4) is 0 Å². The van der Waals surface area contributed by atoms with E-state index in [9.17, 15) is 0 Å². The van der Waals surface area contributed by atoms with Crippen molar-refractivity contribution >= 4 is 11.8 Å². The van der Waals surface area contributed by atoms with Gasteiger partial charge in [-0.25, -0.2) is 0 Å². The van der Waals surface area contributed by atoms with E-state index in [-0.39, 0.29) is 0 Å². The predicted molar refractivity (Wildman–Crippen MR) is 112 cm³/mol. The Labute approximate surface area is 165 Å². The zero-order chi connectivity index (χ0) is 19.2. The van der Waals surface area contributed by atoms with E-state index in [0.29, 0.717) is 0 Å². The second-order valence-electron chi connectivity index (χ2n) is 6.55. The van der Waals surface area contributed by atoms with Crippen LogP contribution >= 0.6 is 11.8 Å². The van der Waals surface area contributed by atoms with Crippen molar-refractivity contribution in [3.05, 3.63) is 77.6 Å². The van der Waals surface area contributed by atoms with E-state index >= 15 is 0 Å². The molecule has 1 heterocycles. The number of hydrogen-bond donors (Lipinski definition) is 0. The molecule has 0 aliphatic rings. The molecule has 0 atom stereocenters. The van der Waals surface area contributed by atoms with Crippen LogP contribution in [0.5, 0.6) is 5.75 Å². The number of ether oxygens (including phenoxy) is 1. The summed E-state index contributed by atoms with van der Waals surface area (Å²) in [5.74, 6) is 2.61. The molecule has 0 fully saturated rings. The summed E-state index contributed by atoms with van der Waals surface area (Å²) in [4.78, 5) is 0. The summed E-state index contributed by atoms with van der Waals surface area (Å²) in [7, 11) is 1.68. The van der Waals surface area contributed by atoms with E-state index in [1.807, 2.05) is 24.3 Å². The fraction of sp³-hybridized carbons (Fsp3) is 0.273. The standard InChI is InChI=1S/C22H25N3OS/c1-5-6-10-21-23-24-22(25(21)19-8-7-9-20(14-19)26-4)27-15-18-12-16(2)11-17(3)13-18/h5,7-9,11-14H,1,6,10,15H2,2-4H3. The molecule has 3 aromatic rings. The third-order valence-corrected chi connectivity index (χ3v) is 5.23. The van der Waals surface area contributed by atoms with E-state index in [1.165, 1.54) is 16.7 Å². The van der Waals surface area contributed by atoms with Crippen LogP contribution in [0.15, 0.2) is 60.3 Å². The highest BCUT2D eigenvalue weighted by Gasteiger charge is 2.15. The highest BCUT2D eigenvalue weighted by Crippen LogP contribution is 2.28. The topological polar surface area (TPSA) is 39.9 Å². The average molecular weight is 380 g/mol. The van der Waals surface area contributed by atoms with Gasteiger partial charge in [-0.05, 0) is 38.0 Å². The number of hydrogen-bond acceptors (Lipinski definition) is 4. The molecule has 4 nitrogen and oxygen atoms in total. The molecule has 2 aromatic carbocycles. The third kappa shape index (κ3) is 4.80. The van der Waals surface area contributed by atoms with Crippen molar-refractivity contribution in [2.75, 3.05) is 7.11 Å². The molecule has 5 heteroatoms. The van der Waals surface area contributed by atoms with Crippen LogP contribution in [0, 0.1) is 13.8 Å². The van der Waals surface area contributed by atoms with Crippen LogP contribution in [0.2, 0.25) is 0 Å². The maximum Gasteiger partial charge on any atom is 0.196 e. The summed E-state index contributed by atoms with van der Waals surface area (Å²) in [6, 6.07) is 14.7. The summed E-state index contributed by atoms with van der Waals surface area (Å²) in [5, 5.41) is 9.79. The first-order chi connectivity index (χ1) is 13.1. The molecule has 0 radical (unpaired) electrons. The van der Waals surface area contributed by atoms with Crippen molar-refractivity contribution in [1.82, 2.24) is 14.8 Å². The van der Waals surface area contributed by atoms with Gasteiger partial charge in [0.05, 0.1) is 12.8 Å². The van der Waals surface area contributed by atoms with Crippen LogP contribution in [-0.4, -0.2) is 21.9 Å². The number of rotatable bonds is 8. The third-order valence-electron chi connectivity index (χ3n) is 4.23. The van der Waals surface area contributed by atoms with Gasteiger partial charge in [0, 0.05) is 18.2 Å². The zero-order valence-corrected chi connectivity index (χ0v) is 16.9. The Bertz CT molecular complexity index is 913. The molecule has 0 aliphatic heterocycles. The number of benzene rings is 2. The molecule has 0 spiro atoms. The molecular formula is C22H25N3OS. The van der Waals surface area contributed by atoms with Crippen LogP contribution < -0.4 is 4.74 Å². The fourth-order valence-electron chi connectivity index (χ4n) is 3.10. The number of aromatic nitrogens is 3. The van der Waals surface area contributed by atoms with Gasteiger partial charge in [-0.2, -0.15) is 0 Å². The summed E-state index contributed by atoms with van der Waals surface area (Å²) in [6.07, 6.45) is 3.58. The number of methoxy groups -OCH3 is 1. The minimum atomic E-state index is 0.803. The van der Waals surface area contributed by atoms with Gasteiger partial charge in [0.1, 0.15) is 11.6 Å². The van der Waals surface area contributed by atoms with Gasteiger partial charge >= 0.3 is 0 Å². The highest BCUT2D eigenvalue weighted by atomic mass is 32.2. The Morgan fingerprint density at radius 2 is 1.89 bits per heavy atom. The normalized spacial score (nSPS) is 10.8. The molecule has 140 valence electrons. The predicted octanol–water partition coefficient (Wildman–Crippen LogP) is 5.30. The van der Waals surface area contributed by atoms with Gasteiger partial charge in [0.2, 0.25) is 0 Å². The second-order valence-corrected chi connectivity index (χ2v) is 7.49. The van der Waals surface area contributed by atoms with E-state index in [0.717, 1.165) is 41.0 Å². The van der Waals surface area contributed by atoms with Crippen molar-refractivity contribution in [2.45, 2.75) is 37.6 Å². The monoisotopic (exact) mass is 379 g/mol.